The average Bonchev–Trinajstić information content (AvgIpc) is 3.11. The zero-order valence-corrected chi connectivity index (χ0v) is 12.9. The molecule has 0 radical (unpaired) electrons. The Morgan fingerprint density at radius 3 is 3.05 bits per heavy atom. The van der Waals surface area contributed by atoms with E-state index in [1.807, 2.05) is 41.9 Å². The van der Waals surface area contributed by atoms with Crippen LogP contribution in [-0.4, -0.2) is 14.4 Å². The first-order valence-electron chi connectivity index (χ1n) is 7.61. The molecule has 1 N–H and O–H groups in total. The minimum absolute atomic E-state index is 0.649. The summed E-state index contributed by atoms with van der Waals surface area (Å²) >= 11 is 0. The lowest BCUT2D eigenvalue weighted by atomic mass is 10.2. The number of aryl methyl sites for hydroxylation is 1. The molecule has 0 aliphatic rings. The first-order chi connectivity index (χ1) is 10.8. The highest BCUT2D eigenvalue weighted by molar-refractivity contribution is 5.73. The second-order valence-corrected chi connectivity index (χ2v) is 5.20. The number of aromatic nitrogens is 3. The summed E-state index contributed by atoms with van der Waals surface area (Å²) in [6, 6.07) is 5.76. The molecule has 3 rings (SSSR count). The van der Waals surface area contributed by atoms with Gasteiger partial charge in [-0.25, -0.2) is 9.97 Å². The van der Waals surface area contributed by atoms with Gasteiger partial charge in [0.2, 0.25) is 5.78 Å². The van der Waals surface area contributed by atoms with Gasteiger partial charge in [-0.15, -0.1) is 0 Å². The predicted molar refractivity (Wildman–Crippen MR) is 87.7 cm³/mol. The quantitative estimate of drug-likeness (QED) is 0.684. The molecule has 0 bridgehead atoms. The summed E-state index contributed by atoms with van der Waals surface area (Å²) < 4.78 is 7.64. The zero-order chi connectivity index (χ0) is 15.4. The Balaban J connectivity index is 1.96. The molecule has 0 aliphatic heterocycles. The van der Waals surface area contributed by atoms with Gasteiger partial charge in [0.05, 0.1) is 0 Å². The summed E-state index contributed by atoms with van der Waals surface area (Å²) in [4.78, 5) is 8.87. The van der Waals surface area contributed by atoms with Gasteiger partial charge in [-0.3, -0.25) is 4.40 Å². The van der Waals surface area contributed by atoms with Gasteiger partial charge in [-0.05, 0) is 37.7 Å². The number of nitrogens with zero attached hydrogens (tertiary/aromatic N) is 3. The van der Waals surface area contributed by atoms with Crippen LogP contribution in [0.3, 0.4) is 0 Å². The van der Waals surface area contributed by atoms with Crippen LogP contribution in [0.25, 0.3) is 17.2 Å². The van der Waals surface area contributed by atoms with E-state index in [1.54, 1.807) is 6.20 Å². The molecule has 5 nitrogen and oxygen atoms in total. The van der Waals surface area contributed by atoms with Gasteiger partial charge in [0.25, 0.3) is 0 Å². The van der Waals surface area contributed by atoms with Crippen molar-refractivity contribution in [2.24, 2.45) is 0 Å². The number of hydrogen-bond acceptors (Lipinski definition) is 4. The van der Waals surface area contributed by atoms with Crippen molar-refractivity contribution in [2.75, 3.05) is 5.32 Å². The molecule has 0 saturated heterocycles. The van der Waals surface area contributed by atoms with E-state index < -0.39 is 0 Å². The van der Waals surface area contributed by atoms with Gasteiger partial charge >= 0.3 is 0 Å². The fraction of sp³-hybridized carbons (Fsp3) is 0.294. The maximum absolute atomic E-state index is 5.72. The Labute approximate surface area is 129 Å². The Hall–Kier alpha value is -2.56. The standard InChI is InChI=1S/C17H20N4O/c1-3-4-5-6-10-18-16-15(14-9-8-13(2)22-14)20-17-19-11-7-12-21(16)17/h6-12,18H,3-5H2,1-2H3/b10-6+. The van der Waals surface area contributed by atoms with E-state index in [0.717, 1.165) is 29.5 Å². The van der Waals surface area contributed by atoms with Gasteiger partial charge in [-0.2, -0.15) is 0 Å². The summed E-state index contributed by atoms with van der Waals surface area (Å²) in [5, 5.41) is 3.32. The normalized spacial score (nSPS) is 11.5. The molecule has 0 unspecified atom stereocenters. The summed E-state index contributed by atoms with van der Waals surface area (Å²) in [5.74, 6) is 3.12. The van der Waals surface area contributed by atoms with Gasteiger partial charge in [0.15, 0.2) is 11.5 Å². The van der Waals surface area contributed by atoms with Gasteiger partial charge < -0.3 is 9.73 Å². The fourth-order valence-corrected chi connectivity index (χ4v) is 2.30. The summed E-state index contributed by atoms with van der Waals surface area (Å²) in [6.07, 6.45) is 11.2. The third-order valence-electron chi connectivity index (χ3n) is 3.44. The second kappa shape index (κ2) is 6.47. The highest BCUT2D eigenvalue weighted by Crippen LogP contribution is 2.29. The highest BCUT2D eigenvalue weighted by atomic mass is 16.3. The SMILES string of the molecule is CCCC/C=C/Nc1c(-c2ccc(C)o2)nc2ncccn12. The van der Waals surface area contributed by atoms with E-state index in [9.17, 15) is 0 Å². The summed E-state index contributed by atoms with van der Waals surface area (Å²) in [7, 11) is 0. The van der Waals surface area contributed by atoms with Crippen LogP contribution in [-0.2, 0) is 0 Å². The summed E-state index contributed by atoms with van der Waals surface area (Å²) in [6.45, 7) is 4.12. The highest BCUT2D eigenvalue weighted by Gasteiger charge is 2.16. The van der Waals surface area contributed by atoms with Crippen molar-refractivity contribution in [3.05, 3.63) is 48.6 Å². The maximum atomic E-state index is 5.72. The fourth-order valence-electron chi connectivity index (χ4n) is 2.30. The van der Waals surface area contributed by atoms with E-state index in [4.69, 9.17) is 4.42 Å². The topological polar surface area (TPSA) is 55.4 Å². The van der Waals surface area contributed by atoms with Crippen molar-refractivity contribution in [1.82, 2.24) is 14.4 Å². The minimum atomic E-state index is 0.649. The molecule has 0 fully saturated rings. The minimum Gasteiger partial charge on any atom is -0.460 e. The molecule has 0 aliphatic carbocycles. The molecule has 3 heterocycles. The van der Waals surface area contributed by atoms with E-state index in [-0.39, 0.29) is 0 Å². The van der Waals surface area contributed by atoms with Crippen LogP contribution < -0.4 is 5.32 Å². The van der Waals surface area contributed by atoms with Crippen molar-refractivity contribution in [3.8, 4) is 11.5 Å². The molecule has 0 atom stereocenters. The van der Waals surface area contributed by atoms with Gasteiger partial charge in [0, 0.05) is 12.4 Å². The number of unbranched alkanes of at least 4 members (excludes halogenated alkanes) is 2. The largest absolute Gasteiger partial charge is 0.460 e. The Morgan fingerprint density at radius 2 is 2.27 bits per heavy atom. The number of imidazole rings is 1. The Kier molecular flexibility index (Phi) is 4.23. The van der Waals surface area contributed by atoms with Crippen molar-refractivity contribution in [2.45, 2.75) is 33.1 Å². The van der Waals surface area contributed by atoms with Crippen LogP contribution in [0, 0.1) is 6.92 Å². The first-order valence-corrected chi connectivity index (χ1v) is 7.61. The number of fused-ring (bicyclic) bond motifs is 1. The first kappa shape index (κ1) is 14.4. The number of allylic oxidation sites excluding steroid dienone is 1. The molecule has 114 valence electrons. The third-order valence-corrected chi connectivity index (χ3v) is 3.44. The molecular formula is C17H20N4O. The molecule has 0 aromatic carbocycles. The van der Waals surface area contributed by atoms with E-state index in [0.29, 0.717) is 5.78 Å². The summed E-state index contributed by atoms with van der Waals surface area (Å²) in [5.41, 5.74) is 0.770. The van der Waals surface area contributed by atoms with E-state index >= 15 is 0 Å². The van der Waals surface area contributed by atoms with Gasteiger partial charge in [-0.1, -0.05) is 25.8 Å². The molecule has 5 heteroatoms. The Morgan fingerprint density at radius 1 is 1.36 bits per heavy atom. The monoisotopic (exact) mass is 296 g/mol. The van der Waals surface area contributed by atoms with Crippen LogP contribution >= 0.6 is 0 Å². The zero-order valence-electron chi connectivity index (χ0n) is 12.9. The number of nitrogens with one attached hydrogen (secondary N) is 1. The molecular weight excluding hydrogens is 276 g/mol. The van der Waals surface area contributed by atoms with Crippen LogP contribution in [0.5, 0.6) is 0 Å². The predicted octanol–water partition coefficient (Wildman–Crippen LogP) is 4.41. The number of hydrogen-bond donors (Lipinski definition) is 1. The number of furan rings is 1. The average molecular weight is 296 g/mol. The molecule has 22 heavy (non-hydrogen) atoms. The molecule has 3 aromatic rings. The number of anilines is 1. The van der Waals surface area contributed by atoms with Crippen LogP contribution in [0.15, 0.2) is 47.3 Å². The van der Waals surface area contributed by atoms with Gasteiger partial charge in [0.1, 0.15) is 11.6 Å². The maximum Gasteiger partial charge on any atom is 0.236 e. The van der Waals surface area contributed by atoms with Crippen molar-refractivity contribution >= 4 is 11.6 Å². The van der Waals surface area contributed by atoms with Crippen molar-refractivity contribution < 1.29 is 4.42 Å². The third kappa shape index (κ3) is 2.88. The van der Waals surface area contributed by atoms with Crippen molar-refractivity contribution in [3.63, 3.8) is 0 Å². The van der Waals surface area contributed by atoms with Crippen LogP contribution in [0.2, 0.25) is 0 Å². The second-order valence-electron chi connectivity index (χ2n) is 5.20. The molecule has 0 saturated carbocycles. The van der Waals surface area contributed by atoms with E-state index in [2.05, 4.69) is 28.3 Å². The molecule has 3 aromatic heterocycles. The molecule has 0 amide bonds. The lowest BCUT2D eigenvalue weighted by Crippen LogP contribution is -1.95. The van der Waals surface area contributed by atoms with Crippen molar-refractivity contribution in [1.29, 1.82) is 0 Å². The lowest BCUT2D eigenvalue weighted by Gasteiger charge is -2.02. The number of rotatable bonds is 6. The van der Waals surface area contributed by atoms with Crippen LogP contribution in [0.1, 0.15) is 31.9 Å². The van der Waals surface area contributed by atoms with E-state index in [1.165, 1.54) is 12.8 Å². The lowest BCUT2D eigenvalue weighted by molar-refractivity contribution is 0.547. The smallest absolute Gasteiger partial charge is 0.236 e. The molecule has 0 spiro atoms. The Bertz CT molecular complexity index is 785. The van der Waals surface area contributed by atoms with Crippen LogP contribution in [0.4, 0.5) is 5.82 Å².